The lowest BCUT2D eigenvalue weighted by Gasteiger charge is -1.96. The summed E-state index contributed by atoms with van der Waals surface area (Å²) in [5.41, 5.74) is -0.706. The van der Waals surface area contributed by atoms with Crippen LogP contribution in [0.25, 0.3) is 4.98 Å². The first-order chi connectivity index (χ1) is 7.06. The second-order valence-corrected chi connectivity index (χ2v) is 2.37. The van der Waals surface area contributed by atoms with E-state index in [1.165, 1.54) is 0 Å². The Hall–Kier alpha value is -2.10. The Balaban J connectivity index is 4.76. The van der Waals surface area contributed by atoms with Crippen LogP contribution in [0.1, 0.15) is 13.3 Å². The third-order valence-electron chi connectivity index (χ3n) is 1.38. The van der Waals surface area contributed by atoms with E-state index >= 15 is 0 Å². The molecule has 0 bridgehead atoms. The number of carbonyl (C=O) groups excluding carboxylic acids is 2. The van der Waals surface area contributed by atoms with Crippen LogP contribution in [0.2, 0.25) is 0 Å². The zero-order valence-corrected chi connectivity index (χ0v) is 8.39. The number of diazo groups is 1. The number of ether oxygens (including phenoxy) is 2. The number of hydrogen-bond donors (Lipinski definition) is 1. The smallest absolute Gasteiger partial charge is 0.504 e. The lowest BCUT2D eigenvalue weighted by molar-refractivity contribution is -0.140. The number of nitrogens with zero attached hydrogens (tertiary/aromatic N) is 2. The van der Waals surface area contributed by atoms with Gasteiger partial charge in [-0.25, -0.2) is 4.79 Å². The zero-order chi connectivity index (χ0) is 11.8. The Kier molecular flexibility index (Phi) is 5.48. The van der Waals surface area contributed by atoms with Crippen molar-refractivity contribution in [2.45, 2.75) is 13.3 Å². The first kappa shape index (κ1) is 12.9. The average Bonchev–Trinajstić information content (AvgIpc) is 2.19. The van der Waals surface area contributed by atoms with Crippen LogP contribution in [0, 0.1) is 5.39 Å². The molecule has 1 N–H and O–H groups in total. The van der Waals surface area contributed by atoms with Crippen LogP contribution in [0.15, 0.2) is 11.5 Å². The highest BCUT2D eigenvalue weighted by Gasteiger charge is 2.31. The third-order valence-corrected chi connectivity index (χ3v) is 1.38. The van der Waals surface area contributed by atoms with Gasteiger partial charge in [0.2, 0.25) is 11.2 Å². The van der Waals surface area contributed by atoms with E-state index in [-0.39, 0.29) is 6.61 Å². The van der Waals surface area contributed by atoms with Crippen molar-refractivity contribution in [3.63, 3.8) is 0 Å². The van der Waals surface area contributed by atoms with E-state index in [0.29, 0.717) is 0 Å². The highest BCUT2D eigenvalue weighted by molar-refractivity contribution is 5.91. The highest BCUT2D eigenvalue weighted by atomic mass is 16.5. The second-order valence-electron chi connectivity index (χ2n) is 2.37. The second kappa shape index (κ2) is 6.37. The summed E-state index contributed by atoms with van der Waals surface area (Å²) < 4.78 is 8.72. The van der Waals surface area contributed by atoms with Crippen LogP contribution >= 0.6 is 0 Å². The molecule has 0 aliphatic heterocycles. The van der Waals surface area contributed by atoms with Crippen LogP contribution < -0.4 is 0 Å². The molecule has 7 heteroatoms. The fourth-order valence-electron chi connectivity index (χ4n) is 0.708. The molecule has 0 amide bonds. The van der Waals surface area contributed by atoms with Crippen molar-refractivity contribution in [2.75, 3.05) is 13.7 Å². The van der Waals surface area contributed by atoms with Gasteiger partial charge < -0.3 is 14.6 Å². The molecule has 0 aromatic carbocycles. The van der Waals surface area contributed by atoms with E-state index in [1.807, 2.05) is 0 Å². The third kappa shape index (κ3) is 4.08. The van der Waals surface area contributed by atoms with Gasteiger partial charge in [-0.3, -0.25) is 4.79 Å². The number of aliphatic hydroxyl groups is 1. The molecule has 0 aromatic heterocycles. The Labute approximate surface area is 85.9 Å². The zero-order valence-electron chi connectivity index (χ0n) is 8.39. The molecule has 15 heavy (non-hydrogen) atoms. The van der Waals surface area contributed by atoms with Crippen LogP contribution in [0.4, 0.5) is 0 Å². The fraction of sp³-hybridized carbons (Fsp3) is 0.500. The number of rotatable bonds is 4. The molecule has 0 aliphatic rings. The highest BCUT2D eigenvalue weighted by Crippen LogP contribution is 2.10. The number of aliphatic hydroxyl groups excluding tert-OH is 1. The van der Waals surface area contributed by atoms with Crippen molar-refractivity contribution >= 4 is 11.9 Å². The van der Waals surface area contributed by atoms with E-state index in [2.05, 4.69) is 14.4 Å². The maximum absolute atomic E-state index is 11.0. The van der Waals surface area contributed by atoms with Crippen LogP contribution in [0.3, 0.4) is 0 Å². The molecule has 7 nitrogen and oxygen atoms in total. The largest absolute Gasteiger partial charge is 0.505 e. The van der Waals surface area contributed by atoms with Crippen molar-refractivity contribution in [3.05, 3.63) is 16.4 Å². The molecular weight excluding hydrogens is 204 g/mol. The summed E-state index contributed by atoms with van der Waals surface area (Å²) in [4.78, 5) is 24.3. The van der Waals surface area contributed by atoms with Crippen molar-refractivity contribution in [3.8, 4) is 0 Å². The van der Waals surface area contributed by atoms with E-state index in [4.69, 9.17) is 5.39 Å². The molecular formula is C8H11N2O5+. The summed E-state index contributed by atoms with van der Waals surface area (Å²) in [6.45, 7) is 1.60. The monoisotopic (exact) mass is 215 g/mol. The minimum atomic E-state index is -1.01. The van der Waals surface area contributed by atoms with Crippen molar-refractivity contribution in [2.24, 2.45) is 0 Å². The number of carbonyl (C=O) groups is 2. The first-order valence-corrected chi connectivity index (χ1v) is 4.07. The van der Waals surface area contributed by atoms with E-state index < -0.39 is 29.8 Å². The minimum Gasteiger partial charge on any atom is -0.504 e. The molecule has 0 atom stereocenters. The summed E-state index contributed by atoms with van der Waals surface area (Å²) in [6.07, 6.45) is -0.561. The Morgan fingerprint density at radius 1 is 1.47 bits per heavy atom. The Morgan fingerprint density at radius 2 is 2.07 bits per heavy atom. The quantitative estimate of drug-likeness (QED) is 0.321. The summed E-state index contributed by atoms with van der Waals surface area (Å²) in [7, 11) is 1.12. The van der Waals surface area contributed by atoms with Crippen molar-refractivity contribution in [1.29, 1.82) is 5.39 Å². The van der Waals surface area contributed by atoms with Gasteiger partial charge in [0.15, 0.2) is 4.98 Å². The van der Waals surface area contributed by atoms with Crippen LogP contribution in [-0.2, 0) is 19.1 Å². The van der Waals surface area contributed by atoms with Gasteiger partial charge in [0.25, 0.3) is 0 Å². The van der Waals surface area contributed by atoms with Gasteiger partial charge in [0.05, 0.1) is 13.7 Å². The predicted octanol–water partition coefficient (Wildman–Crippen LogP) is 0.735. The molecule has 0 saturated carbocycles. The lowest BCUT2D eigenvalue weighted by Crippen LogP contribution is -2.10. The van der Waals surface area contributed by atoms with Gasteiger partial charge in [0, 0.05) is 0 Å². The minimum absolute atomic E-state index is 0.0589. The predicted molar refractivity (Wildman–Crippen MR) is 48.0 cm³/mol. The molecule has 0 rings (SSSR count). The van der Waals surface area contributed by atoms with Gasteiger partial charge >= 0.3 is 17.6 Å². The van der Waals surface area contributed by atoms with Crippen molar-refractivity contribution in [1.82, 2.24) is 0 Å². The molecule has 0 radical (unpaired) electrons. The van der Waals surface area contributed by atoms with Crippen LogP contribution in [0.5, 0.6) is 0 Å². The molecule has 0 aromatic rings. The SMILES string of the molecule is CCOC(=O)/C([N+]#N)=C(\O)CC(=O)OC. The topological polar surface area (TPSA) is 101 Å². The summed E-state index contributed by atoms with van der Waals surface area (Å²) in [5.74, 6) is -2.48. The Bertz CT molecular complexity index is 328. The first-order valence-electron chi connectivity index (χ1n) is 4.07. The van der Waals surface area contributed by atoms with E-state index in [1.54, 1.807) is 6.92 Å². The summed E-state index contributed by atoms with van der Waals surface area (Å²) in [5, 5.41) is 17.7. The average molecular weight is 215 g/mol. The molecule has 0 aliphatic carbocycles. The molecule has 0 saturated heterocycles. The number of hydrogen-bond acceptors (Lipinski definition) is 6. The lowest BCUT2D eigenvalue weighted by atomic mass is 10.3. The maximum Gasteiger partial charge on any atom is 0.505 e. The molecule has 0 heterocycles. The van der Waals surface area contributed by atoms with Gasteiger partial charge in [-0.15, -0.1) is 0 Å². The number of esters is 2. The molecule has 0 fully saturated rings. The fourth-order valence-corrected chi connectivity index (χ4v) is 0.708. The summed E-state index contributed by atoms with van der Waals surface area (Å²) in [6, 6.07) is 0. The van der Waals surface area contributed by atoms with Gasteiger partial charge in [-0.1, -0.05) is 0 Å². The molecule has 82 valence electrons. The molecule has 0 spiro atoms. The molecule has 0 unspecified atom stereocenters. The standard InChI is InChI=1S/C8H10N2O5/c1-3-15-8(13)7(10-9)5(11)4-6(12)14-2/h3-4H2,1-2H3/p+1. The normalized spacial score (nSPS) is 11.0. The number of methoxy groups -OCH3 is 1. The van der Waals surface area contributed by atoms with E-state index in [0.717, 1.165) is 7.11 Å². The summed E-state index contributed by atoms with van der Waals surface area (Å²) >= 11 is 0. The van der Waals surface area contributed by atoms with Crippen LogP contribution in [-0.4, -0.2) is 30.8 Å². The van der Waals surface area contributed by atoms with Gasteiger partial charge in [-0.2, -0.15) is 0 Å². The van der Waals surface area contributed by atoms with Gasteiger partial charge in [-0.05, 0) is 6.92 Å². The van der Waals surface area contributed by atoms with Crippen molar-refractivity contribution < 1.29 is 24.2 Å². The van der Waals surface area contributed by atoms with E-state index in [9.17, 15) is 14.7 Å². The maximum atomic E-state index is 11.0. The van der Waals surface area contributed by atoms with Gasteiger partial charge in [0.1, 0.15) is 6.42 Å². The Morgan fingerprint density at radius 3 is 2.47 bits per heavy atom.